The number of nitrogens with two attached hydrogens (primary N) is 1. The summed E-state index contributed by atoms with van der Waals surface area (Å²) >= 11 is 0. The van der Waals surface area contributed by atoms with Crippen molar-refractivity contribution < 1.29 is 0 Å². The summed E-state index contributed by atoms with van der Waals surface area (Å²) in [6.07, 6.45) is 4.32. The minimum Gasteiger partial charge on any atom is -0.325 e. The van der Waals surface area contributed by atoms with Crippen LogP contribution in [0.3, 0.4) is 0 Å². The number of hydrogen-bond donors (Lipinski definition) is 1. The summed E-state index contributed by atoms with van der Waals surface area (Å²) in [5.74, 6) is 0. The van der Waals surface area contributed by atoms with Gasteiger partial charge < -0.3 is 5.73 Å². The van der Waals surface area contributed by atoms with E-state index in [4.69, 9.17) is 5.73 Å². The van der Waals surface area contributed by atoms with Crippen molar-refractivity contribution in [2.75, 3.05) is 0 Å². The maximum Gasteiger partial charge on any atom is 0.0999 e. The molecule has 19 heavy (non-hydrogen) atoms. The summed E-state index contributed by atoms with van der Waals surface area (Å²) in [5, 5.41) is 8.45. The molecule has 0 radical (unpaired) electrons. The molecule has 0 aliphatic rings. The van der Waals surface area contributed by atoms with E-state index in [0.29, 0.717) is 6.54 Å². The highest BCUT2D eigenvalue weighted by atomic mass is 15.4. The highest BCUT2D eigenvalue weighted by molar-refractivity contribution is 5.36. The first-order valence-corrected chi connectivity index (χ1v) is 7.03. The van der Waals surface area contributed by atoms with E-state index in [2.05, 4.69) is 48.4 Å². The molecular formula is C15H22N4. The molecule has 4 heteroatoms. The summed E-state index contributed by atoms with van der Waals surface area (Å²) in [6.45, 7) is 4.79. The van der Waals surface area contributed by atoms with E-state index in [9.17, 15) is 0 Å². The molecule has 1 aromatic carbocycles. The van der Waals surface area contributed by atoms with Gasteiger partial charge in [-0.15, -0.1) is 5.10 Å². The van der Waals surface area contributed by atoms with Crippen molar-refractivity contribution in [3.63, 3.8) is 0 Å². The smallest absolute Gasteiger partial charge is 0.0999 e. The van der Waals surface area contributed by atoms with Gasteiger partial charge in [-0.3, -0.25) is 0 Å². The van der Waals surface area contributed by atoms with Gasteiger partial charge in [0.05, 0.1) is 17.1 Å². The number of unbranched alkanes of at least 4 members (excludes halogenated alkanes) is 1. The van der Waals surface area contributed by atoms with Crippen LogP contribution in [0.25, 0.3) is 5.69 Å². The SMILES string of the molecule is CCCCc1c(CN)nnn1-c1ccc(CC)cc1. The summed E-state index contributed by atoms with van der Waals surface area (Å²) in [4.78, 5) is 0. The van der Waals surface area contributed by atoms with E-state index < -0.39 is 0 Å². The quantitative estimate of drug-likeness (QED) is 0.866. The molecule has 2 rings (SSSR count). The van der Waals surface area contributed by atoms with Crippen molar-refractivity contribution in [3.8, 4) is 5.69 Å². The maximum absolute atomic E-state index is 5.74. The zero-order valence-corrected chi connectivity index (χ0v) is 11.8. The van der Waals surface area contributed by atoms with E-state index in [1.165, 1.54) is 5.56 Å². The van der Waals surface area contributed by atoms with Crippen LogP contribution in [-0.4, -0.2) is 15.0 Å². The normalized spacial score (nSPS) is 10.9. The Kier molecular flexibility index (Phi) is 4.68. The number of rotatable bonds is 6. The van der Waals surface area contributed by atoms with E-state index in [-0.39, 0.29) is 0 Å². The van der Waals surface area contributed by atoms with Gasteiger partial charge in [0, 0.05) is 6.54 Å². The molecular weight excluding hydrogens is 236 g/mol. The van der Waals surface area contributed by atoms with Crippen LogP contribution in [0.15, 0.2) is 24.3 Å². The van der Waals surface area contributed by atoms with Crippen LogP contribution < -0.4 is 5.73 Å². The fourth-order valence-corrected chi connectivity index (χ4v) is 2.17. The Morgan fingerprint density at radius 2 is 1.89 bits per heavy atom. The van der Waals surface area contributed by atoms with Gasteiger partial charge in [-0.1, -0.05) is 37.6 Å². The topological polar surface area (TPSA) is 56.7 Å². The third kappa shape index (κ3) is 3.01. The number of aryl methyl sites for hydroxylation is 1. The molecule has 4 nitrogen and oxygen atoms in total. The van der Waals surface area contributed by atoms with Crippen molar-refractivity contribution in [2.24, 2.45) is 5.73 Å². The lowest BCUT2D eigenvalue weighted by Gasteiger charge is -2.08. The van der Waals surface area contributed by atoms with Crippen LogP contribution in [-0.2, 0) is 19.4 Å². The van der Waals surface area contributed by atoms with Gasteiger partial charge in [0.2, 0.25) is 0 Å². The molecule has 1 aromatic heterocycles. The zero-order chi connectivity index (χ0) is 13.7. The molecule has 0 saturated carbocycles. The molecule has 0 spiro atoms. The molecule has 0 fully saturated rings. The molecule has 0 atom stereocenters. The fraction of sp³-hybridized carbons (Fsp3) is 0.467. The fourth-order valence-electron chi connectivity index (χ4n) is 2.17. The van der Waals surface area contributed by atoms with Crippen LogP contribution in [0.4, 0.5) is 0 Å². The van der Waals surface area contributed by atoms with E-state index >= 15 is 0 Å². The number of hydrogen-bond acceptors (Lipinski definition) is 3. The van der Waals surface area contributed by atoms with Gasteiger partial charge in [0.15, 0.2) is 0 Å². The molecule has 0 saturated heterocycles. The lowest BCUT2D eigenvalue weighted by atomic mass is 10.1. The van der Waals surface area contributed by atoms with Gasteiger partial charge >= 0.3 is 0 Å². The average molecular weight is 258 g/mol. The predicted molar refractivity (Wildman–Crippen MR) is 77.2 cm³/mol. The summed E-state index contributed by atoms with van der Waals surface area (Å²) in [6, 6.07) is 8.48. The Labute approximate surface area is 114 Å². The monoisotopic (exact) mass is 258 g/mol. The molecule has 102 valence electrons. The first-order chi connectivity index (χ1) is 9.30. The van der Waals surface area contributed by atoms with Crippen LogP contribution in [0, 0.1) is 0 Å². The second kappa shape index (κ2) is 6.48. The zero-order valence-electron chi connectivity index (χ0n) is 11.8. The third-order valence-corrected chi connectivity index (χ3v) is 3.39. The highest BCUT2D eigenvalue weighted by Crippen LogP contribution is 2.16. The lowest BCUT2D eigenvalue weighted by Crippen LogP contribution is -2.06. The largest absolute Gasteiger partial charge is 0.325 e. The lowest BCUT2D eigenvalue weighted by molar-refractivity contribution is 0.714. The Morgan fingerprint density at radius 1 is 1.16 bits per heavy atom. The van der Waals surface area contributed by atoms with Crippen molar-refractivity contribution >= 4 is 0 Å². The van der Waals surface area contributed by atoms with Crippen LogP contribution >= 0.6 is 0 Å². The molecule has 0 aliphatic heterocycles. The number of aromatic nitrogens is 3. The second-order valence-electron chi connectivity index (χ2n) is 4.72. The Bertz CT molecular complexity index is 513. The number of benzene rings is 1. The third-order valence-electron chi connectivity index (χ3n) is 3.39. The Balaban J connectivity index is 2.34. The van der Waals surface area contributed by atoms with Crippen LogP contribution in [0.2, 0.25) is 0 Å². The number of nitrogens with zero attached hydrogens (tertiary/aromatic N) is 3. The second-order valence-corrected chi connectivity index (χ2v) is 4.72. The van der Waals surface area contributed by atoms with Gasteiger partial charge in [0.25, 0.3) is 0 Å². The first kappa shape index (κ1) is 13.7. The molecule has 0 unspecified atom stereocenters. The molecule has 1 heterocycles. The van der Waals surface area contributed by atoms with Crippen molar-refractivity contribution in [3.05, 3.63) is 41.2 Å². The molecule has 0 bridgehead atoms. The maximum atomic E-state index is 5.74. The first-order valence-electron chi connectivity index (χ1n) is 7.03. The average Bonchev–Trinajstić information content (AvgIpc) is 2.88. The minimum absolute atomic E-state index is 0.450. The van der Waals surface area contributed by atoms with Crippen LogP contribution in [0.1, 0.15) is 43.6 Å². The molecule has 2 aromatic rings. The minimum atomic E-state index is 0.450. The molecule has 0 amide bonds. The Morgan fingerprint density at radius 3 is 2.47 bits per heavy atom. The van der Waals surface area contributed by atoms with E-state index in [0.717, 1.165) is 42.8 Å². The summed E-state index contributed by atoms with van der Waals surface area (Å²) in [5.41, 5.74) is 10.2. The standard InChI is InChI=1S/C15H22N4/c1-3-5-6-15-14(11-16)17-18-19(15)13-9-7-12(4-2)8-10-13/h7-10H,3-6,11,16H2,1-2H3. The Hall–Kier alpha value is -1.68. The van der Waals surface area contributed by atoms with Crippen molar-refractivity contribution in [1.82, 2.24) is 15.0 Å². The van der Waals surface area contributed by atoms with Gasteiger partial charge in [0.1, 0.15) is 0 Å². The van der Waals surface area contributed by atoms with Crippen LogP contribution in [0.5, 0.6) is 0 Å². The summed E-state index contributed by atoms with van der Waals surface area (Å²) < 4.78 is 1.93. The molecule has 0 aliphatic carbocycles. The predicted octanol–water partition coefficient (Wildman–Crippen LogP) is 2.63. The van der Waals surface area contributed by atoms with E-state index in [1.807, 2.05) is 4.68 Å². The van der Waals surface area contributed by atoms with Gasteiger partial charge in [-0.05, 0) is 37.0 Å². The van der Waals surface area contributed by atoms with Crippen molar-refractivity contribution in [1.29, 1.82) is 0 Å². The van der Waals surface area contributed by atoms with Gasteiger partial charge in [-0.25, -0.2) is 4.68 Å². The summed E-state index contributed by atoms with van der Waals surface area (Å²) in [7, 11) is 0. The highest BCUT2D eigenvalue weighted by Gasteiger charge is 2.12. The van der Waals surface area contributed by atoms with Gasteiger partial charge in [-0.2, -0.15) is 0 Å². The van der Waals surface area contributed by atoms with Crippen molar-refractivity contribution in [2.45, 2.75) is 46.1 Å². The molecule has 2 N–H and O–H groups in total. The van der Waals surface area contributed by atoms with E-state index in [1.54, 1.807) is 0 Å².